The summed E-state index contributed by atoms with van der Waals surface area (Å²) in [4.78, 5) is 10.6. The van der Waals surface area contributed by atoms with Gasteiger partial charge in [0, 0.05) is 10.0 Å². The average molecular weight is 275 g/mol. The minimum absolute atomic E-state index is 0.00808. The molecule has 0 spiro atoms. The second kappa shape index (κ2) is 4.63. The Morgan fingerprint density at radius 1 is 1.53 bits per heavy atom. The van der Waals surface area contributed by atoms with Crippen LogP contribution in [0.3, 0.4) is 0 Å². The van der Waals surface area contributed by atoms with Crippen LogP contribution in [0, 0.1) is 0 Å². The van der Waals surface area contributed by atoms with Crippen molar-refractivity contribution < 1.29 is 20.1 Å². The minimum atomic E-state index is -1.70. The Kier molecular flexibility index (Phi) is 3.71. The van der Waals surface area contributed by atoms with Crippen molar-refractivity contribution in [2.24, 2.45) is 0 Å². The van der Waals surface area contributed by atoms with Crippen LogP contribution in [0.25, 0.3) is 0 Å². The first-order valence-electron chi connectivity index (χ1n) is 4.39. The van der Waals surface area contributed by atoms with Gasteiger partial charge in [-0.15, -0.1) is 0 Å². The number of aliphatic hydroxyl groups excluding tert-OH is 1. The highest BCUT2D eigenvalue weighted by atomic mass is 79.9. The third-order valence-electron chi connectivity index (χ3n) is 2.09. The van der Waals surface area contributed by atoms with Crippen LogP contribution in [0.2, 0.25) is 0 Å². The molecule has 82 valence electrons. The standard InChI is InChI=1S/C10H11BrO4/c1-2-5-3-6(11)4-7(8(5)12)9(13)10(14)15/h3-4,9,12-13H,2H2,1H3,(H,14,15). The first-order valence-corrected chi connectivity index (χ1v) is 5.18. The molecule has 0 heterocycles. The van der Waals surface area contributed by atoms with Crippen molar-refractivity contribution >= 4 is 21.9 Å². The van der Waals surface area contributed by atoms with E-state index in [9.17, 15) is 15.0 Å². The van der Waals surface area contributed by atoms with Crippen molar-refractivity contribution in [2.45, 2.75) is 19.4 Å². The summed E-state index contributed by atoms with van der Waals surface area (Å²) in [6.07, 6.45) is -1.14. The van der Waals surface area contributed by atoms with Crippen LogP contribution < -0.4 is 0 Å². The van der Waals surface area contributed by atoms with E-state index in [1.165, 1.54) is 6.07 Å². The first-order chi connectivity index (χ1) is 6.97. The zero-order valence-electron chi connectivity index (χ0n) is 8.07. The van der Waals surface area contributed by atoms with E-state index < -0.39 is 12.1 Å². The SMILES string of the molecule is CCc1cc(Br)cc(C(O)C(=O)O)c1O. The van der Waals surface area contributed by atoms with Crippen LogP contribution in [-0.4, -0.2) is 21.3 Å². The molecule has 1 aromatic rings. The fourth-order valence-electron chi connectivity index (χ4n) is 1.29. The molecule has 1 unspecified atom stereocenters. The summed E-state index contributed by atoms with van der Waals surface area (Å²) in [6.45, 7) is 1.83. The molecule has 15 heavy (non-hydrogen) atoms. The van der Waals surface area contributed by atoms with Gasteiger partial charge in [0.15, 0.2) is 6.10 Å². The summed E-state index contributed by atoms with van der Waals surface area (Å²) < 4.78 is 0.632. The monoisotopic (exact) mass is 274 g/mol. The van der Waals surface area contributed by atoms with Crippen molar-refractivity contribution in [1.29, 1.82) is 0 Å². The second-order valence-electron chi connectivity index (χ2n) is 3.10. The lowest BCUT2D eigenvalue weighted by Gasteiger charge is -2.12. The summed E-state index contributed by atoms with van der Waals surface area (Å²) in [5, 5.41) is 27.7. The van der Waals surface area contributed by atoms with E-state index in [-0.39, 0.29) is 11.3 Å². The number of aromatic hydroxyl groups is 1. The second-order valence-corrected chi connectivity index (χ2v) is 4.01. The van der Waals surface area contributed by atoms with Crippen LogP contribution in [-0.2, 0) is 11.2 Å². The fraction of sp³-hybridized carbons (Fsp3) is 0.300. The molecular formula is C10H11BrO4. The molecule has 0 radical (unpaired) electrons. The van der Waals surface area contributed by atoms with Gasteiger partial charge in [0.1, 0.15) is 5.75 Å². The van der Waals surface area contributed by atoms with Gasteiger partial charge in [0.05, 0.1) is 0 Å². The number of phenols is 1. The quantitative estimate of drug-likeness (QED) is 0.786. The van der Waals surface area contributed by atoms with E-state index in [1.54, 1.807) is 6.07 Å². The number of hydrogen-bond donors (Lipinski definition) is 3. The van der Waals surface area contributed by atoms with Gasteiger partial charge < -0.3 is 15.3 Å². The van der Waals surface area contributed by atoms with Gasteiger partial charge in [-0.3, -0.25) is 0 Å². The lowest BCUT2D eigenvalue weighted by Crippen LogP contribution is -2.11. The zero-order chi connectivity index (χ0) is 11.6. The molecule has 4 nitrogen and oxygen atoms in total. The number of benzene rings is 1. The highest BCUT2D eigenvalue weighted by Gasteiger charge is 2.21. The van der Waals surface area contributed by atoms with Gasteiger partial charge in [0.2, 0.25) is 0 Å². The smallest absolute Gasteiger partial charge is 0.337 e. The number of aryl methyl sites for hydroxylation is 1. The molecule has 0 fully saturated rings. The summed E-state index contributed by atoms with van der Waals surface area (Å²) in [5.41, 5.74) is 0.605. The number of aliphatic hydroxyl groups is 1. The van der Waals surface area contributed by atoms with Crippen LogP contribution in [0.4, 0.5) is 0 Å². The molecule has 0 bridgehead atoms. The average Bonchev–Trinajstić information content (AvgIpc) is 2.19. The van der Waals surface area contributed by atoms with E-state index in [0.717, 1.165) is 0 Å². The first kappa shape index (κ1) is 12.0. The molecule has 0 saturated carbocycles. The fourth-order valence-corrected chi connectivity index (χ4v) is 1.81. The predicted molar refractivity (Wildman–Crippen MR) is 57.8 cm³/mol. The van der Waals surface area contributed by atoms with Gasteiger partial charge in [-0.1, -0.05) is 22.9 Å². The molecule has 0 aliphatic carbocycles. The number of carbonyl (C=O) groups is 1. The van der Waals surface area contributed by atoms with Crippen molar-refractivity contribution in [1.82, 2.24) is 0 Å². The van der Waals surface area contributed by atoms with E-state index in [0.29, 0.717) is 16.5 Å². The highest BCUT2D eigenvalue weighted by Crippen LogP contribution is 2.32. The number of aliphatic carboxylic acids is 1. The summed E-state index contributed by atoms with van der Waals surface area (Å²) in [7, 11) is 0. The van der Waals surface area contributed by atoms with E-state index in [4.69, 9.17) is 5.11 Å². The Labute approximate surface area is 95.3 Å². The third-order valence-corrected chi connectivity index (χ3v) is 2.55. The number of carboxylic acids is 1. The maximum atomic E-state index is 10.6. The Hall–Kier alpha value is -1.07. The summed E-state index contributed by atoms with van der Waals surface area (Å²) in [5.74, 6) is -1.54. The Bertz CT molecular complexity index is 389. The maximum Gasteiger partial charge on any atom is 0.337 e. The number of halogens is 1. The number of hydrogen-bond acceptors (Lipinski definition) is 3. The lowest BCUT2D eigenvalue weighted by molar-refractivity contribution is -0.147. The van der Waals surface area contributed by atoms with Crippen molar-refractivity contribution in [3.63, 3.8) is 0 Å². The normalized spacial score (nSPS) is 12.5. The molecule has 0 aliphatic heterocycles. The van der Waals surface area contributed by atoms with Gasteiger partial charge in [-0.2, -0.15) is 0 Å². The highest BCUT2D eigenvalue weighted by molar-refractivity contribution is 9.10. The van der Waals surface area contributed by atoms with Crippen molar-refractivity contribution in [3.8, 4) is 5.75 Å². The molecule has 0 aromatic heterocycles. The molecule has 0 saturated heterocycles. The predicted octanol–water partition coefficient (Wildman–Crippen LogP) is 1.84. The topological polar surface area (TPSA) is 77.8 Å². The lowest BCUT2D eigenvalue weighted by atomic mass is 10.0. The van der Waals surface area contributed by atoms with Crippen molar-refractivity contribution in [2.75, 3.05) is 0 Å². The van der Waals surface area contributed by atoms with E-state index >= 15 is 0 Å². The zero-order valence-corrected chi connectivity index (χ0v) is 9.65. The Morgan fingerprint density at radius 2 is 2.13 bits per heavy atom. The van der Waals surface area contributed by atoms with Gasteiger partial charge in [0.25, 0.3) is 0 Å². The molecule has 1 rings (SSSR count). The molecule has 3 N–H and O–H groups in total. The number of carboxylic acid groups (broad SMARTS) is 1. The van der Waals surface area contributed by atoms with E-state index in [2.05, 4.69) is 15.9 Å². The Morgan fingerprint density at radius 3 is 2.60 bits per heavy atom. The summed E-state index contributed by atoms with van der Waals surface area (Å²) >= 11 is 3.19. The van der Waals surface area contributed by atoms with Crippen LogP contribution >= 0.6 is 15.9 Å². The molecule has 5 heteroatoms. The summed E-state index contributed by atoms with van der Waals surface area (Å²) in [6, 6.07) is 3.08. The molecule has 1 aromatic carbocycles. The molecule has 1 atom stereocenters. The van der Waals surface area contributed by atoms with Crippen LogP contribution in [0.15, 0.2) is 16.6 Å². The van der Waals surface area contributed by atoms with Gasteiger partial charge >= 0.3 is 5.97 Å². The third kappa shape index (κ3) is 2.49. The van der Waals surface area contributed by atoms with Crippen molar-refractivity contribution in [3.05, 3.63) is 27.7 Å². The largest absolute Gasteiger partial charge is 0.507 e. The minimum Gasteiger partial charge on any atom is -0.507 e. The Balaban J connectivity index is 3.28. The van der Waals surface area contributed by atoms with Gasteiger partial charge in [-0.05, 0) is 24.1 Å². The maximum absolute atomic E-state index is 10.6. The molecular weight excluding hydrogens is 264 g/mol. The van der Waals surface area contributed by atoms with Gasteiger partial charge in [-0.25, -0.2) is 4.79 Å². The molecule has 0 amide bonds. The molecule has 0 aliphatic rings. The van der Waals surface area contributed by atoms with Crippen LogP contribution in [0.5, 0.6) is 5.75 Å². The van der Waals surface area contributed by atoms with Crippen LogP contribution in [0.1, 0.15) is 24.2 Å². The van der Waals surface area contributed by atoms with E-state index in [1.807, 2.05) is 6.92 Å². The number of rotatable bonds is 3. The number of phenolic OH excluding ortho intramolecular Hbond substituents is 1.